The summed E-state index contributed by atoms with van der Waals surface area (Å²) in [5.74, 6) is 1.90. The number of hydrogen-bond donors (Lipinski definition) is 0. The van der Waals surface area contributed by atoms with E-state index in [1.165, 1.54) is 52.5 Å². The van der Waals surface area contributed by atoms with Crippen LogP contribution in [0.1, 0.15) is 0 Å². The third kappa shape index (κ3) is 3.63. The van der Waals surface area contributed by atoms with Gasteiger partial charge in [-0.2, -0.15) is 9.97 Å². The molecule has 0 bridgehead atoms. The lowest BCUT2D eigenvalue weighted by Crippen LogP contribution is -2.06. The Morgan fingerprint density at radius 3 is 1.63 bits per heavy atom. The maximum atomic E-state index is 5.23. The summed E-state index contributed by atoms with van der Waals surface area (Å²) in [7, 11) is 0. The van der Waals surface area contributed by atoms with E-state index in [-0.39, 0.29) is 0 Å². The second-order valence-electron chi connectivity index (χ2n) is 11.6. The fraction of sp³-hybridized carbons (Fsp3) is 0. The Bertz CT molecular complexity index is 2740. The van der Waals surface area contributed by atoms with E-state index in [2.05, 4.69) is 114 Å². The predicted octanol–water partition coefficient (Wildman–Crippen LogP) is 11.0. The monoisotopic (exact) mass is 604 g/mol. The molecule has 0 saturated carbocycles. The number of nitrogens with zero attached hydrogens (tertiary/aromatic N) is 4. The molecule has 46 heavy (non-hydrogen) atoms. The van der Waals surface area contributed by atoms with Gasteiger partial charge in [0.1, 0.15) is 0 Å². The number of rotatable bonds is 3. The van der Waals surface area contributed by atoms with Crippen LogP contribution < -0.4 is 0 Å². The van der Waals surface area contributed by atoms with Crippen molar-refractivity contribution in [3.05, 3.63) is 146 Å². The molecule has 0 spiro atoms. The molecule has 0 unspecified atom stereocenters. The first kappa shape index (κ1) is 25.4. The average Bonchev–Trinajstić information content (AvgIpc) is 3.69. The number of aromatic nitrogens is 4. The van der Waals surface area contributed by atoms with Gasteiger partial charge in [-0.3, -0.25) is 4.57 Å². The molecule has 10 aromatic rings. The first-order valence-corrected chi connectivity index (χ1v) is 16.2. The molecule has 10 rings (SSSR count). The van der Waals surface area contributed by atoms with E-state index in [9.17, 15) is 0 Å². The van der Waals surface area contributed by atoms with Crippen LogP contribution in [0.5, 0.6) is 0 Å². The maximum Gasteiger partial charge on any atom is 0.238 e. The van der Waals surface area contributed by atoms with E-state index in [0.717, 1.165) is 22.2 Å². The third-order valence-electron chi connectivity index (χ3n) is 9.03. The highest BCUT2D eigenvalue weighted by Gasteiger charge is 2.24. The lowest BCUT2D eigenvalue weighted by molar-refractivity contribution is 0.955. The van der Waals surface area contributed by atoms with Gasteiger partial charge in [-0.1, -0.05) is 133 Å². The highest BCUT2D eigenvalue weighted by atomic mass is 32.1. The van der Waals surface area contributed by atoms with Crippen molar-refractivity contribution in [2.24, 2.45) is 0 Å². The minimum absolute atomic E-state index is 0.605. The summed E-state index contributed by atoms with van der Waals surface area (Å²) in [4.78, 5) is 15.5. The zero-order chi connectivity index (χ0) is 30.2. The Kier molecular flexibility index (Phi) is 5.41. The van der Waals surface area contributed by atoms with Crippen molar-refractivity contribution in [1.82, 2.24) is 19.5 Å². The van der Waals surface area contributed by atoms with Crippen LogP contribution in [0.3, 0.4) is 0 Å². The molecular weight excluding hydrogens is 581 g/mol. The van der Waals surface area contributed by atoms with Crippen molar-refractivity contribution >= 4 is 74.9 Å². The summed E-state index contributed by atoms with van der Waals surface area (Å²) in [6, 6.07) is 51.1. The lowest BCUT2D eigenvalue weighted by Gasteiger charge is -2.13. The third-order valence-corrected chi connectivity index (χ3v) is 10.2. The van der Waals surface area contributed by atoms with Gasteiger partial charge in [-0.05, 0) is 28.3 Å². The number of hydrogen-bond acceptors (Lipinski definition) is 4. The predicted molar refractivity (Wildman–Crippen MR) is 193 cm³/mol. The maximum absolute atomic E-state index is 5.23. The zero-order valence-electron chi connectivity index (χ0n) is 24.6. The van der Waals surface area contributed by atoms with Crippen LogP contribution in [-0.4, -0.2) is 19.5 Å². The van der Waals surface area contributed by atoms with Gasteiger partial charge in [-0.25, -0.2) is 4.98 Å². The number of benzene rings is 7. The van der Waals surface area contributed by atoms with Gasteiger partial charge in [0.25, 0.3) is 0 Å². The van der Waals surface area contributed by atoms with Crippen LogP contribution in [0.4, 0.5) is 0 Å². The second-order valence-corrected chi connectivity index (χ2v) is 12.7. The van der Waals surface area contributed by atoms with E-state index in [1.54, 1.807) is 0 Å². The summed E-state index contributed by atoms with van der Waals surface area (Å²) in [6.07, 6.45) is 0. The topological polar surface area (TPSA) is 43.6 Å². The van der Waals surface area contributed by atoms with Crippen LogP contribution in [0.2, 0.25) is 0 Å². The van der Waals surface area contributed by atoms with Gasteiger partial charge in [0, 0.05) is 47.5 Å². The average molecular weight is 605 g/mol. The van der Waals surface area contributed by atoms with E-state index in [0.29, 0.717) is 17.6 Å². The minimum Gasteiger partial charge on any atom is -0.277 e. The SMILES string of the molecule is c1ccc(-c2nc(-c3ccccc3)nc(-n3c4ccc5c6ccccc6sc5c4c4c5ccccc5c5ccccc5c43)n2)cc1. The van der Waals surface area contributed by atoms with E-state index in [1.807, 2.05) is 47.7 Å². The van der Waals surface area contributed by atoms with Gasteiger partial charge in [0.05, 0.1) is 11.0 Å². The molecule has 0 amide bonds. The molecule has 214 valence electrons. The molecule has 0 radical (unpaired) electrons. The fourth-order valence-electron chi connectivity index (χ4n) is 7.04. The first-order valence-electron chi connectivity index (χ1n) is 15.4. The number of thiophene rings is 1. The Morgan fingerprint density at radius 1 is 0.413 bits per heavy atom. The molecule has 0 fully saturated rings. The van der Waals surface area contributed by atoms with Gasteiger partial charge in [-0.15, -0.1) is 11.3 Å². The van der Waals surface area contributed by atoms with Crippen LogP contribution in [0.25, 0.3) is 92.2 Å². The summed E-state index contributed by atoms with van der Waals surface area (Å²) in [5.41, 5.74) is 4.09. The minimum atomic E-state index is 0.605. The largest absolute Gasteiger partial charge is 0.277 e. The summed E-state index contributed by atoms with van der Waals surface area (Å²) >= 11 is 1.86. The van der Waals surface area contributed by atoms with E-state index >= 15 is 0 Å². The van der Waals surface area contributed by atoms with Gasteiger partial charge in [0.2, 0.25) is 5.95 Å². The molecule has 7 aromatic carbocycles. The van der Waals surface area contributed by atoms with Crippen molar-refractivity contribution in [1.29, 1.82) is 0 Å². The zero-order valence-corrected chi connectivity index (χ0v) is 25.4. The van der Waals surface area contributed by atoms with Gasteiger partial charge in [0.15, 0.2) is 11.6 Å². The molecule has 0 atom stereocenters. The van der Waals surface area contributed by atoms with Crippen molar-refractivity contribution in [2.45, 2.75) is 0 Å². The summed E-state index contributed by atoms with van der Waals surface area (Å²) in [6.45, 7) is 0. The van der Waals surface area contributed by atoms with Crippen molar-refractivity contribution in [3.63, 3.8) is 0 Å². The van der Waals surface area contributed by atoms with Crippen LogP contribution in [0.15, 0.2) is 146 Å². The highest BCUT2D eigenvalue weighted by Crippen LogP contribution is 2.47. The van der Waals surface area contributed by atoms with E-state index < -0.39 is 0 Å². The Labute approximate surface area is 267 Å². The fourth-order valence-corrected chi connectivity index (χ4v) is 8.29. The highest BCUT2D eigenvalue weighted by molar-refractivity contribution is 7.26. The molecule has 0 N–H and O–H groups in total. The molecule has 3 heterocycles. The Balaban J connectivity index is 1.45. The molecule has 5 heteroatoms. The molecule has 0 aliphatic carbocycles. The molecular formula is C41H24N4S. The van der Waals surface area contributed by atoms with E-state index in [4.69, 9.17) is 15.0 Å². The van der Waals surface area contributed by atoms with Crippen molar-refractivity contribution < 1.29 is 0 Å². The second kappa shape index (κ2) is 9.80. The van der Waals surface area contributed by atoms with Crippen LogP contribution in [0, 0.1) is 0 Å². The van der Waals surface area contributed by atoms with Gasteiger partial charge >= 0.3 is 0 Å². The Morgan fingerprint density at radius 2 is 0.957 bits per heavy atom. The summed E-state index contributed by atoms with van der Waals surface area (Å²) < 4.78 is 4.85. The normalized spacial score (nSPS) is 11.9. The standard InChI is InChI=1S/C41H24N4S/c1-3-13-25(14-4-1)39-42-40(26-15-5-2-6-16-26)44-41(43-39)45-33-24-23-32-29-19-11-12-22-34(29)46-38(32)36(33)35-30-20-9-7-17-27(30)28-18-8-10-21-31(28)37(35)45/h1-24H. The molecule has 4 nitrogen and oxygen atoms in total. The van der Waals surface area contributed by atoms with Crippen molar-refractivity contribution in [2.75, 3.05) is 0 Å². The van der Waals surface area contributed by atoms with Gasteiger partial charge < -0.3 is 0 Å². The molecule has 0 aliphatic heterocycles. The molecule has 3 aromatic heterocycles. The first-order chi connectivity index (χ1) is 22.8. The smallest absolute Gasteiger partial charge is 0.238 e. The van der Waals surface area contributed by atoms with Crippen molar-refractivity contribution in [3.8, 4) is 28.7 Å². The Hall–Kier alpha value is -5.91. The summed E-state index contributed by atoms with van der Waals surface area (Å²) in [5, 5.41) is 9.87. The number of fused-ring (bicyclic) bond motifs is 12. The van der Waals surface area contributed by atoms with Crippen LogP contribution >= 0.6 is 11.3 Å². The lowest BCUT2D eigenvalue weighted by atomic mass is 9.96. The van der Waals surface area contributed by atoms with Crippen LogP contribution in [-0.2, 0) is 0 Å². The molecule has 0 aliphatic rings. The molecule has 0 saturated heterocycles. The quantitative estimate of drug-likeness (QED) is 0.188.